The number of hydrogen-bond donors (Lipinski definition) is 2. The summed E-state index contributed by atoms with van der Waals surface area (Å²) in [5.74, 6) is 0.861. The molecule has 1 rings (SSSR count). The van der Waals surface area contributed by atoms with E-state index in [0.29, 0.717) is 6.54 Å². The second-order valence-electron chi connectivity index (χ2n) is 7.39. The standard InChI is InChI=1S/C18H33NO3Si/c1-18(2,23(4,5)21)11-6-12-19(13-14-20)15-16-7-9-17(22-3)10-8-16/h7-10,20-21H,6,11-15H2,1-5H3. The van der Waals surface area contributed by atoms with E-state index in [9.17, 15) is 9.90 Å². The molecule has 1 aromatic carbocycles. The molecule has 0 spiro atoms. The Morgan fingerprint density at radius 1 is 1.13 bits per heavy atom. The zero-order chi connectivity index (χ0) is 17.5. The molecule has 5 heteroatoms. The van der Waals surface area contributed by atoms with Crippen molar-refractivity contribution in [1.29, 1.82) is 0 Å². The highest BCUT2D eigenvalue weighted by Crippen LogP contribution is 2.39. The summed E-state index contributed by atoms with van der Waals surface area (Å²) in [7, 11) is -0.474. The molecule has 1 aromatic rings. The van der Waals surface area contributed by atoms with Crippen LogP contribution in [0.4, 0.5) is 0 Å². The molecule has 0 aliphatic heterocycles. The Morgan fingerprint density at radius 2 is 1.74 bits per heavy atom. The summed E-state index contributed by atoms with van der Waals surface area (Å²) in [5, 5.41) is 9.30. The van der Waals surface area contributed by atoms with Crippen LogP contribution in [-0.4, -0.2) is 49.9 Å². The summed E-state index contributed by atoms with van der Waals surface area (Å²) in [4.78, 5) is 12.6. The highest BCUT2D eigenvalue weighted by atomic mass is 28.4. The highest BCUT2D eigenvalue weighted by molar-refractivity contribution is 6.72. The van der Waals surface area contributed by atoms with E-state index in [4.69, 9.17) is 4.74 Å². The van der Waals surface area contributed by atoms with Crippen molar-refractivity contribution in [3.8, 4) is 5.75 Å². The lowest BCUT2D eigenvalue weighted by atomic mass is 10.1. The molecule has 4 nitrogen and oxygen atoms in total. The third-order valence-corrected chi connectivity index (χ3v) is 8.48. The lowest BCUT2D eigenvalue weighted by molar-refractivity contribution is 0.185. The first-order chi connectivity index (χ1) is 10.7. The number of methoxy groups -OCH3 is 1. The van der Waals surface area contributed by atoms with Crippen LogP contribution in [0.2, 0.25) is 18.1 Å². The smallest absolute Gasteiger partial charge is 0.188 e. The summed E-state index contributed by atoms with van der Waals surface area (Å²) in [6.07, 6.45) is 2.04. The maximum absolute atomic E-state index is 10.4. The maximum atomic E-state index is 10.4. The zero-order valence-electron chi connectivity index (χ0n) is 15.3. The van der Waals surface area contributed by atoms with Gasteiger partial charge in [-0.3, -0.25) is 4.90 Å². The summed E-state index contributed by atoms with van der Waals surface area (Å²) >= 11 is 0. The summed E-state index contributed by atoms with van der Waals surface area (Å²) in [6, 6.07) is 8.07. The molecule has 0 heterocycles. The van der Waals surface area contributed by atoms with Gasteiger partial charge in [0.05, 0.1) is 13.7 Å². The van der Waals surface area contributed by atoms with Gasteiger partial charge in [0.2, 0.25) is 0 Å². The lowest BCUT2D eigenvalue weighted by Crippen LogP contribution is -2.39. The van der Waals surface area contributed by atoms with Crippen LogP contribution in [0.1, 0.15) is 32.3 Å². The number of aliphatic hydroxyl groups excluding tert-OH is 1. The van der Waals surface area contributed by atoms with E-state index < -0.39 is 8.32 Å². The minimum atomic E-state index is -2.14. The van der Waals surface area contributed by atoms with E-state index in [1.807, 2.05) is 25.2 Å². The SMILES string of the molecule is COc1ccc(CN(CCO)CCCC(C)(C)[Si](C)(C)O)cc1. The van der Waals surface area contributed by atoms with Gasteiger partial charge in [-0.25, -0.2) is 0 Å². The molecular formula is C18H33NO3Si. The van der Waals surface area contributed by atoms with Crippen LogP contribution in [0.15, 0.2) is 24.3 Å². The van der Waals surface area contributed by atoms with Gasteiger partial charge < -0.3 is 14.6 Å². The van der Waals surface area contributed by atoms with Crippen molar-refractivity contribution in [2.24, 2.45) is 0 Å². The minimum absolute atomic E-state index is 0.0119. The van der Waals surface area contributed by atoms with Gasteiger partial charge >= 0.3 is 0 Å². The van der Waals surface area contributed by atoms with Gasteiger partial charge in [-0.2, -0.15) is 0 Å². The van der Waals surface area contributed by atoms with E-state index in [1.165, 1.54) is 5.56 Å². The molecule has 0 saturated carbocycles. The van der Waals surface area contributed by atoms with Crippen molar-refractivity contribution < 1.29 is 14.6 Å². The van der Waals surface area contributed by atoms with Gasteiger partial charge in [0, 0.05) is 13.1 Å². The third kappa shape index (κ3) is 6.63. The molecule has 0 atom stereocenters. The van der Waals surface area contributed by atoms with Gasteiger partial charge in [0.1, 0.15) is 5.75 Å². The fraction of sp³-hybridized carbons (Fsp3) is 0.667. The van der Waals surface area contributed by atoms with Crippen molar-refractivity contribution in [1.82, 2.24) is 4.90 Å². The molecule has 2 N–H and O–H groups in total. The van der Waals surface area contributed by atoms with Gasteiger partial charge in [0.15, 0.2) is 8.32 Å². The van der Waals surface area contributed by atoms with Crippen molar-refractivity contribution in [2.75, 3.05) is 26.8 Å². The molecular weight excluding hydrogens is 306 g/mol. The Morgan fingerprint density at radius 3 is 2.22 bits per heavy atom. The van der Waals surface area contributed by atoms with Crippen LogP contribution in [0.5, 0.6) is 5.75 Å². The molecule has 0 radical (unpaired) electrons. The second kappa shape index (κ2) is 8.83. The molecule has 0 unspecified atom stereocenters. The predicted molar refractivity (Wildman–Crippen MR) is 98.3 cm³/mol. The molecule has 0 amide bonds. The minimum Gasteiger partial charge on any atom is -0.497 e. The molecule has 0 saturated heterocycles. The largest absolute Gasteiger partial charge is 0.497 e. The Balaban J connectivity index is 2.54. The summed E-state index contributed by atoms with van der Waals surface area (Å²) in [5.41, 5.74) is 1.22. The number of nitrogens with zero attached hydrogens (tertiary/aromatic N) is 1. The summed E-state index contributed by atoms with van der Waals surface area (Å²) in [6.45, 7) is 10.9. The molecule has 0 bridgehead atoms. The average Bonchev–Trinajstić information content (AvgIpc) is 2.47. The van der Waals surface area contributed by atoms with Crippen LogP contribution in [-0.2, 0) is 6.54 Å². The van der Waals surface area contributed by atoms with E-state index in [0.717, 1.165) is 31.7 Å². The van der Waals surface area contributed by atoms with Crippen LogP contribution < -0.4 is 4.74 Å². The van der Waals surface area contributed by atoms with E-state index >= 15 is 0 Å². The van der Waals surface area contributed by atoms with Crippen molar-refractivity contribution in [2.45, 2.75) is 51.4 Å². The van der Waals surface area contributed by atoms with E-state index in [1.54, 1.807) is 7.11 Å². The van der Waals surface area contributed by atoms with Crippen LogP contribution in [0.25, 0.3) is 0 Å². The predicted octanol–water partition coefficient (Wildman–Crippen LogP) is 3.25. The fourth-order valence-electron chi connectivity index (χ4n) is 2.45. The number of ether oxygens (including phenoxy) is 1. The molecule has 0 aromatic heterocycles. The van der Waals surface area contributed by atoms with E-state index in [-0.39, 0.29) is 11.6 Å². The monoisotopic (exact) mass is 339 g/mol. The number of benzene rings is 1. The topological polar surface area (TPSA) is 52.9 Å². The first-order valence-electron chi connectivity index (χ1n) is 8.38. The zero-order valence-corrected chi connectivity index (χ0v) is 16.3. The molecule has 132 valence electrons. The summed E-state index contributed by atoms with van der Waals surface area (Å²) < 4.78 is 5.18. The Hall–Kier alpha value is -0.883. The quantitative estimate of drug-likeness (QED) is 0.643. The molecule has 0 aliphatic carbocycles. The lowest BCUT2D eigenvalue weighted by Gasteiger charge is -2.35. The van der Waals surface area contributed by atoms with Gasteiger partial charge in [-0.05, 0) is 55.2 Å². The Bertz CT molecular complexity index is 454. The maximum Gasteiger partial charge on any atom is 0.188 e. The van der Waals surface area contributed by atoms with Crippen molar-refractivity contribution in [3.05, 3.63) is 29.8 Å². The number of hydrogen-bond acceptors (Lipinski definition) is 4. The number of aliphatic hydroxyl groups is 1. The average molecular weight is 340 g/mol. The molecule has 23 heavy (non-hydrogen) atoms. The Kier molecular flexibility index (Phi) is 7.74. The van der Waals surface area contributed by atoms with Crippen LogP contribution >= 0.6 is 0 Å². The van der Waals surface area contributed by atoms with Gasteiger partial charge in [0.25, 0.3) is 0 Å². The second-order valence-corrected chi connectivity index (χ2v) is 11.9. The van der Waals surface area contributed by atoms with Gasteiger partial charge in [-0.15, -0.1) is 0 Å². The first-order valence-corrected chi connectivity index (χ1v) is 11.3. The van der Waals surface area contributed by atoms with Crippen LogP contribution in [0.3, 0.4) is 0 Å². The third-order valence-electron chi connectivity index (χ3n) is 4.91. The van der Waals surface area contributed by atoms with Crippen LogP contribution in [0, 0.1) is 0 Å². The fourth-order valence-corrected chi connectivity index (χ4v) is 3.24. The van der Waals surface area contributed by atoms with E-state index in [2.05, 4.69) is 30.9 Å². The van der Waals surface area contributed by atoms with Gasteiger partial charge in [-0.1, -0.05) is 26.0 Å². The first kappa shape index (κ1) is 20.2. The normalized spacial score (nSPS) is 12.7. The van der Waals surface area contributed by atoms with Crippen molar-refractivity contribution >= 4 is 8.32 Å². The number of rotatable bonds is 10. The molecule has 0 aliphatic rings. The van der Waals surface area contributed by atoms with Crippen molar-refractivity contribution in [3.63, 3.8) is 0 Å². The highest BCUT2D eigenvalue weighted by Gasteiger charge is 2.37. The molecule has 0 fully saturated rings. The Labute approximate surface area is 142 Å².